The van der Waals surface area contributed by atoms with Crippen molar-refractivity contribution in [2.24, 2.45) is 0 Å². The van der Waals surface area contributed by atoms with Crippen LogP contribution < -0.4 is 0 Å². The lowest BCUT2D eigenvalue weighted by Gasteiger charge is -2.18. The van der Waals surface area contributed by atoms with Crippen molar-refractivity contribution in [2.75, 3.05) is 13.2 Å². The third-order valence-electron chi connectivity index (χ3n) is 12.4. The van der Waals surface area contributed by atoms with E-state index in [1.54, 1.807) is 0 Å². The standard InChI is InChI=1S/C58H106O6/c1-4-7-10-13-16-18-19-20-21-22-23-24-25-26-27-28-29-30-31-32-33-34-35-36-37-38-39-40-43-45-48-51-57(60)63-54-55(53-62-56(59)50-47-44-41-15-12-9-6-3)64-58(61)52-49-46-42-17-14-11-8-5-2/h19-20,22-23,25-26,55H,4-18,21,24,27-54H2,1-3H3/b20-19-,23-22-,26-25-. The Bertz CT molecular complexity index is 1080. The van der Waals surface area contributed by atoms with Gasteiger partial charge in [-0.1, -0.05) is 256 Å². The molecule has 0 amide bonds. The van der Waals surface area contributed by atoms with E-state index in [0.29, 0.717) is 19.3 Å². The summed E-state index contributed by atoms with van der Waals surface area (Å²) in [5.74, 6) is -0.869. The molecule has 0 aromatic rings. The first-order valence-corrected chi connectivity index (χ1v) is 28.0. The fourth-order valence-corrected chi connectivity index (χ4v) is 8.16. The van der Waals surface area contributed by atoms with Crippen molar-refractivity contribution in [3.8, 4) is 0 Å². The van der Waals surface area contributed by atoms with Gasteiger partial charge in [0, 0.05) is 19.3 Å². The van der Waals surface area contributed by atoms with E-state index in [2.05, 4.69) is 57.2 Å². The maximum atomic E-state index is 12.6. The van der Waals surface area contributed by atoms with Crippen LogP contribution in [0.1, 0.15) is 297 Å². The van der Waals surface area contributed by atoms with Crippen LogP contribution in [0.3, 0.4) is 0 Å². The fourth-order valence-electron chi connectivity index (χ4n) is 8.16. The molecule has 6 nitrogen and oxygen atoms in total. The zero-order valence-electron chi connectivity index (χ0n) is 42.8. The lowest BCUT2D eigenvalue weighted by Crippen LogP contribution is -2.30. The van der Waals surface area contributed by atoms with Crippen LogP contribution in [-0.4, -0.2) is 37.2 Å². The number of hydrogen-bond acceptors (Lipinski definition) is 6. The molecular formula is C58H106O6. The lowest BCUT2D eigenvalue weighted by molar-refractivity contribution is -0.167. The van der Waals surface area contributed by atoms with E-state index < -0.39 is 6.10 Å². The molecule has 64 heavy (non-hydrogen) atoms. The van der Waals surface area contributed by atoms with Gasteiger partial charge in [-0.2, -0.15) is 0 Å². The first-order chi connectivity index (χ1) is 31.5. The van der Waals surface area contributed by atoms with Gasteiger partial charge >= 0.3 is 17.9 Å². The van der Waals surface area contributed by atoms with Gasteiger partial charge in [-0.3, -0.25) is 14.4 Å². The number of rotatable bonds is 51. The normalized spacial score (nSPS) is 12.2. The minimum atomic E-state index is -0.762. The highest BCUT2D eigenvalue weighted by atomic mass is 16.6. The van der Waals surface area contributed by atoms with E-state index in [4.69, 9.17) is 14.2 Å². The molecule has 374 valence electrons. The number of unbranched alkanes of at least 4 members (excludes halogenated alkanes) is 34. The van der Waals surface area contributed by atoms with Crippen molar-refractivity contribution in [1.29, 1.82) is 0 Å². The molecule has 0 aromatic carbocycles. The number of esters is 3. The molecule has 6 heteroatoms. The maximum absolute atomic E-state index is 12.6. The lowest BCUT2D eigenvalue weighted by atomic mass is 10.0. The van der Waals surface area contributed by atoms with Crippen molar-refractivity contribution in [3.63, 3.8) is 0 Å². The smallest absolute Gasteiger partial charge is 0.306 e. The summed E-state index contributed by atoms with van der Waals surface area (Å²) in [4.78, 5) is 37.6. The summed E-state index contributed by atoms with van der Waals surface area (Å²) in [6, 6.07) is 0. The Kier molecular flexibility index (Phi) is 51.3. The van der Waals surface area contributed by atoms with Crippen molar-refractivity contribution in [2.45, 2.75) is 303 Å². The molecule has 0 bridgehead atoms. The minimum Gasteiger partial charge on any atom is -0.462 e. The van der Waals surface area contributed by atoms with E-state index in [1.165, 1.54) is 186 Å². The SMILES string of the molecule is CCCCCCC/C=C\C/C=C\C/C=C\CCCCCCCCCCCCCCCCCCC(=O)OCC(COC(=O)CCCCCCCCC)OC(=O)CCCCCCCCCC. The van der Waals surface area contributed by atoms with Crippen LogP contribution in [0.15, 0.2) is 36.5 Å². The van der Waals surface area contributed by atoms with Gasteiger partial charge in [-0.15, -0.1) is 0 Å². The topological polar surface area (TPSA) is 78.9 Å². The van der Waals surface area contributed by atoms with Gasteiger partial charge in [-0.05, 0) is 57.8 Å². The van der Waals surface area contributed by atoms with E-state index in [-0.39, 0.29) is 31.1 Å². The second-order valence-corrected chi connectivity index (χ2v) is 18.9. The van der Waals surface area contributed by atoms with Crippen LogP contribution in [0.5, 0.6) is 0 Å². The summed E-state index contributed by atoms with van der Waals surface area (Å²) in [5, 5.41) is 0. The average molecular weight is 899 g/mol. The zero-order chi connectivity index (χ0) is 46.5. The highest BCUT2D eigenvalue weighted by Crippen LogP contribution is 2.16. The first-order valence-electron chi connectivity index (χ1n) is 28.0. The molecule has 0 N–H and O–H groups in total. The van der Waals surface area contributed by atoms with E-state index in [9.17, 15) is 14.4 Å². The maximum Gasteiger partial charge on any atom is 0.306 e. The van der Waals surface area contributed by atoms with Gasteiger partial charge in [0.25, 0.3) is 0 Å². The highest BCUT2D eigenvalue weighted by Gasteiger charge is 2.19. The van der Waals surface area contributed by atoms with Crippen molar-refractivity contribution < 1.29 is 28.6 Å². The van der Waals surface area contributed by atoms with Crippen LogP contribution in [0, 0.1) is 0 Å². The summed E-state index contributed by atoms with van der Waals surface area (Å²) < 4.78 is 16.7. The molecule has 0 radical (unpaired) electrons. The van der Waals surface area contributed by atoms with Crippen LogP contribution in [0.4, 0.5) is 0 Å². The molecule has 0 fully saturated rings. The van der Waals surface area contributed by atoms with Gasteiger partial charge in [0.05, 0.1) is 0 Å². The first kappa shape index (κ1) is 61.6. The summed E-state index contributed by atoms with van der Waals surface area (Å²) >= 11 is 0. The number of carbonyl (C=O) groups excluding carboxylic acids is 3. The highest BCUT2D eigenvalue weighted by molar-refractivity contribution is 5.71. The van der Waals surface area contributed by atoms with Gasteiger partial charge in [0.15, 0.2) is 6.10 Å². The largest absolute Gasteiger partial charge is 0.462 e. The second kappa shape index (κ2) is 53.2. The zero-order valence-corrected chi connectivity index (χ0v) is 42.8. The average Bonchev–Trinajstić information content (AvgIpc) is 3.29. The quantitative estimate of drug-likeness (QED) is 0.0262. The Labute approximate surface area is 397 Å². The monoisotopic (exact) mass is 899 g/mol. The number of carbonyl (C=O) groups is 3. The molecule has 0 spiro atoms. The molecular weight excluding hydrogens is 793 g/mol. The Morgan fingerprint density at radius 1 is 0.312 bits per heavy atom. The number of allylic oxidation sites excluding steroid dienone is 6. The van der Waals surface area contributed by atoms with Crippen LogP contribution >= 0.6 is 0 Å². The summed E-state index contributed by atoms with van der Waals surface area (Å²) in [6.45, 7) is 6.57. The van der Waals surface area contributed by atoms with E-state index >= 15 is 0 Å². The van der Waals surface area contributed by atoms with Gasteiger partial charge < -0.3 is 14.2 Å². The molecule has 0 aliphatic rings. The summed E-state index contributed by atoms with van der Waals surface area (Å²) in [5.41, 5.74) is 0. The minimum absolute atomic E-state index is 0.0679. The predicted octanol–water partition coefficient (Wildman–Crippen LogP) is 18.5. The molecule has 0 aliphatic carbocycles. The predicted molar refractivity (Wildman–Crippen MR) is 275 cm³/mol. The fraction of sp³-hybridized carbons (Fsp3) is 0.845. The molecule has 0 rings (SSSR count). The van der Waals surface area contributed by atoms with Gasteiger partial charge in [-0.25, -0.2) is 0 Å². The number of ether oxygens (including phenoxy) is 3. The Balaban J connectivity index is 3.90. The van der Waals surface area contributed by atoms with E-state index in [1.807, 2.05) is 0 Å². The van der Waals surface area contributed by atoms with Crippen molar-refractivity contribution in [1.82, 2.24) is 0 Å². The van der Waals surface area contributed by atoms with Gasteiger partial charge in [0.1, 0.15) is 13.2 Å². The van der Waals surface area contributed by atoms with Crippen molar-refractivity contribution >= 4 is 17.9 Å². The molecule has 0 aliphatic heterocycles. The Morgan fingerprint density at radius 2 is 0.562 bits per heavy atom. The second-order valence-electron chi connectivity index (χ2n) is 18.9. The summed E-state index contributed by atoms with van der Waals surface area (Å²) in [7, 11) is 0. The molecule has 0 aromatic heterocycles. The third kappa shape index (κ3) is 50.6. The van der Waals surface area contributed by atoms with Crippen LogP contribution in [-0.2, 0) is 28.6 Å². The van der Waals surface area contributed by atoms with Crippen LogP contribution in [0.2, 0.25) is 0 Å². The molecule has 1 atom stereocenters. The molecule has 0 saturated carbocycles. The molecule has 0 heterocycles. The molecule has 1 unspecified atom stereocenters. The van der Waals surface area contributed by atoms with Crippen molar-refractivity contribution in [3.05, 3.63) is 36.5 Å². The van der Waals surface area contributed by atoms with Gasteiger partial charge in [0.2, 0.25) is 0 Å². The Hall–Kier alpha value is -2.37. The van der Waals surface area contributed by atoms with Crippen LogP contribution in [0.25, 0.3) is 0 Å². The Morgan fingerprint density at radius 3 is 0.875 bits per heavy atom. The third-order valence-corrected chi connectivity index (χ3v) is 12.4. The summed E-state index contributed by atoms with van der Waals surface area (Å²) in [6.07, 6.45) is 63.3. The molecule has 0 saturated heterocycles. The van der Waals surface area contributed by atoms with E-state index in [0.717, 1.165) is 70.6 Å². The number of hydrogen-bond donors (Lipinski definition) is 0.